The van der Waals surface area contributed by atoms with E-state index in [1.54, 1.807) is 6.92 Å². The molecule has 0 saturated carbocycles. The lowest BCUT2D eigenvalue weighted by Crippen LogP contribution is -2.23. The third-order valence-electron chi connectivity index (χ3n) is 3.21. The van der Waals surface area contributed by atoms with Crippen LogP contribution < -0.4 is 10.1 Å². The van der Waals surface area contributed by atoms with Crippen LogP contribution in [0.2, 0.25) is 0 Å². The molecule has 0 amide bonds. The van der Waals surface area contributed by atoms with E-state index >= 15 is 0 Å². The van der Waals surface area contributed by atoms with Crippen molar-refractivity contribution in [3.05, 3.63) is 29.8 Å². The van der Waals surface area contributed by atoms with Crippen molar-refractivity contribution >= 4 is 0 Å². The standard InChI is InChI=1S/C17H29NO2/c1-3-4-5-6-7-12-20-17-10-8-16(9-11-17)14-18-13-15(2)19/h8-11,15,18-19H,3-7,12-14H2,1-2H3. The molecule has 1 unspecified atom stereocenters. The van der Waals surface area contributed by atoms with Crippen molar-refractivity contribution in [1.82, 2.24) is 5.32 Å². The molecule has 3 nitrogen and oxygen atoms in total. The van der Waals surface area contributed by atoms with Gasteiger partial charge in [-0.05, 0) is 31.0 Å². The molecule has 0 heterocycles. The second kappa shape index (κ2) is 10.7. The highest BCUT2D eigenvalue weighted by Crippen LogP contribution is 2.13. The van der Waals surface area contributed by atoms with Gasteiger partial charge in [0.2, 0.25) is 0 Å². The predicted molar refractivity (Wildman–Crippen MR) is 84.1 cm³/mol. The van der Waals surface area contributed by atoms with Gasteiger partial charge >= 0.3 is 0 Å². The van der Waals surface area contributed by atoms with Gasteiger partial charge in [-0.3, -0.25) is 0 Å². The lowest BCUT2D eigenvalue weighted by molar-refractivity contribution is 0.191. The van der Waals surface area contributed by atoms with Gasteiger partial charge in [-0.1, -0.05) is 44.7 Å². The molecule has 0 aliphatic rings. The van der Waals surface area contributed by atoms with Crippen molar-refractivity contribution in [2.24, 2.45) is 0 Å². The largest absolute Gasteiger partial charge is 0.494 e. The van der Waals surface area contributed by atoms with Gasteiger partial charge in [0.25, 0.3) is 0 Å². The Hall–Kier alpha value is -1.06. The summed E-state index contributed by atoms with van der Waals surface area (Å²) in [5, 5.41) is 12.4. The zero-order valence-electron chi connectivity index (χ0n) is 12.9. The van der Waals surface area contributed by atoms with Crippen LogP contribution in [0.15, 0.2) is 24.3 Å². The Bertz CT molecular complexity index is 335. The number of unbranched alkanes of at least 4 members (excludes halogenated alkanes) is 4. The molecule has 0 radical (unpaired) electrons. The molecule has 1 aromatic rings. The van der Waals surface area contributed by atoms with E-state index in [4.69, 9.17) is 9.84 Å². The van der Waals surface area contributed by atoms with E-state index in [2.05, 4.69) is 24.4 Å². The Morgan fingerprint density at radius 3 is 2.45 bits per heavy atom. The summed E-state index contributed by atoms with van der Waals surface area (Å²) in [5.74, 6) is 0.944. The summed E-state index contributed by atoms with van der Waals surface area (Å²) in [6.07, 6.45) is 6.02. The highest BCUT2D eigenvalue weighted by atomic mass is 16.5. The van der Waals surface area contributed by atoms with Crippen LogP contribution in [0.5, 0.6) is 5.75 Å². The average molecular weight is 279 g/mol. The highest BCUT2D eigenvalue weighted by Gasteiger charge is 1.98. The van der Waals surface area contributed by atoms with Crippen LogP contribution >= 0.6 is 0 Å². The number of hydrogen-bond donors (Lipinski definition) is 2. The van der Waals surface area contributed by atoms with Gasteiger partial charge in [-0.25, -0.2) is 0 Å². The molecule has 0 bridgehead atoms. The van der Waals surface area contributed by atoms with Crippen LogP contribution in [-0.2, 0) is 6.54 Å². The van der Waals surface area contributed by atoms with Crippen LogP contribution in [0.1, 0.15) is 51.5 Å². The van der Waals surface area contributed by atoms with Crippen molar-refractivity contribution in [3.8, 4) is 5.75 Å². The van der Waals surface area contributed by atoms with Gasteiger partial charge in [0.1, 0.15) is 5.75 Å². The third kappa shape index (κ3) is 8.18. The Morgan fingerprint density at radius 1 is 1.10 bits per heavy atom. The van der Waals surface area contributed by atoms with Gasteiger partial charge < -0.3 is 15.2 Å². The molecule has 20 heavy (non-hydrogen) atoms. The van der Waals surface area contributed by atoms with Crippen LogP contribution in [0.25, 0.3) is 0 Å². The third-order valence-corrected chi connectivity index (χ3v) is 3.21. The predicted octanol–water partition coefficient (Wildman–Crippen LogP) is 3.51. The molecule has 0 saturated heterocycles. The van der Waals surface area contributed by atoms with Crippen molar-refractivity contribution in [3.63, 3.8) is 0 Å². The molecule has 3 heteroatoms. The van der Waals surface area contributed by atoms with Crippen molar-refractivity contribution in [2.45, 2.75) is 58.6 Å². The lowest BCUT2D eigenvalue weighted by atomic mass is 10.2. The van der Waals surface area contributed by atoms with Crippen molar-refractivity contribution < 1.29 is 9.84 Å². The molecule has 1 rings (SSSR count). The zero-order valence-corrected chi connectivity index (χ0v) is 12.9. The van der Waals surface area contributed by atoms with Crippen molar-refractivity contribution in [2.75, 3.05) is 13.2 Å². The first-order valence-electron chi connectivity index (χ1n) is 7.83. The maximum absolute atomic E-state index is 9.17. The minimum atomic E-state index is -0.301. The van der Waals surface area contributed by atoms with Crippen LogP contribution in [0.4, 0.5) is 0 Å². The lowest BCUT2D eigenvalue weighted by Gasteiger charge is -2.09. The van der Waals surface area contributed by atoms with E-state index in [1.807, 2.05) is 12.1 Å². The van der Waals surface area contributed by atoms with E-state index in [0.717, 1.165) is 25.3 Å². The molecule has 2 N–H and O–H groups in total. The molecular formula is C17H29NO2. The SMILES string of the molecule is CCCCCCCOc1ccc(CNCC(C)O)cc1. The summed E-state index contributed by atoms with van der Waals surface area (Å²) in [7, 11) is 0. The van der Waals surface area contributed by atoms with Gasteiger partial charge in [0.05, 0.1) is 12.7 Å². The smallest absolute Gasteiger partial charge is 0.119 e. The van der Waals surface area contributed by atoms with Gasteiger partial charge in [0, 0.05) is 13.1 Å². The average Bonchev–Trinajstić information content (AvgIpc) is 2.44. The molecule has 1 atom stereocenters. The Labute approximate surface area is 123 Å². The molecular weight excluding hydrogens is 250 g/mol. The van der Waals surface area contributed by atoms with Gasteiger partial charge in [-0.15, -0.1) is 0 Å². The van der Waals surface area contributed by atoms with E-state index in [9.17, 15) is 0 Å². The first kappa shape index (κ1) is 17.0. The first-order chi connectivity index (χ1) is 9.72. The Balaban J connectivity index is 2.15. The molecule has 0 aliphatic carbocycles. The fourth-order valence-corrected chi connectivity index (χ4v) is 2.02. The molecule has 114 valence electrons. The molecule has 0 spiro atoms. The Morgan fingerprint density at radius 2 is 1.80 bits per heavy atom. The zero-order chi connectivity index (χ0) is 14.6. The minimum absolute atomic E-state index is 0.301. The second-order valence-corrected chi connectivity index (χ2v) is 5.39. The van der Waals surface area contributed by atoms with Crippen molar-refractivity contribution in [1.29, 1.82) is 0 Å². The minimum Gasteiger partial charge on any atom is -0.494 e. The number of aliphatic hydroxyl groups excluding tert-OH is 1. The number of nitrogens with one attached hydrogen (secondary N) is 1. The maximum atomic E-state index is 9.17. The van der Waals surface area contributed by atoms with Crippen LogP contribution in [0.3, 0.4) is 0 Å². The van der Waals surface area contributed by atoms with Crippen LogP contribution in [-0.4, -0.2) is 24.4 Å². The number of benzene rings is 1. The van der Waals surface area contributed by atoms with Gasteiger partial charge in [0.15, 0.2) is 0 Å². The van der Waals surface area contributed by atoms with Gasteiger partial charge in [-0.2, -0.15) is 0 Å². The maximum Gasteiger partial charge on any atom is 0.119 e. The number of ether oxygens (including phenoxy) is 1. The second-order valence-electron chi connectivity index (χ2n) is 5.39. The fourth-order valence-electron chi connectivity index (χ4n) is 2.02. The quantitative estimate of drug-likeness (QED) is 0.609. The summed E-state index contributed by atoms with van der Waals surface area (Å²) in [6, 6.07) is 8.18. The summed E-state index contributed by atoms with van der Waals surface area (Å²) >= 11 is 0. The molecule has 0 aliphatic heterocycles. The van der Waals surface area contributed by atoms with E-state index in [0.29, 0.717) is 6.54 Å². The number of aliphatic hydroxyl groups is 1. The molecule has 0 fully saturated rings. The van der Waals surface area contributed by atoms with E-state index in [-0.39, 0.29) is 6.10 Å². The fraction of sp³-hybridized carbons (Fsp3) is 0.647. The van der Waals surface area contributed by atoms with E-state index in [1.165, 1.54) is 31.2 Å². The van der Waals surface area contributed by atoms with Crippen LogP contribution in [0, 0.1) is 0 Å². The normalized spacial score (nSPS) is 12.3. The summed E-state index contributed by atoms with van der Waals surface area (Å²) < 4.78 is 5.72. The summed E-state index contributed by atoms with van der Waals surface area (Å²) in [4.78, 5) is 0. The highest BCUT2D eigenvalue weighted by molar-refractivity contribution is 5.27. The number of hydrogen-bond acceptors (Lipinski definition) is 3. The first-order valence-corrected chi connectivity index (χ1v) is 7.83. The topological polar surface area (TPSA) is 41.5 Å². The molecule has 0 aromatic heterocycles. The summed E-state index contributed by atoms with van der Waals surface area (Å²) in [5.41, 5.74) is 1.21. The van der Waals surface area contributed by atoms with E-state index < -0.39 is 0 Å². The molecule has 1 aromatic carbocycles. The number of rotatable bonds is 11. The monoisotopic (exact) mass is 279 g/mol. The summed E-state index contributed by atoms with van der Waals surface area (Å²) in [6.45, 7) is 6.22. The Kier molecular flexibility index (Phi) is 9.09.